The van der Waals surface area contributed by atoms with Crippen molar-refractivity contribution < 1.29 is 33.8 Å². The summed E-state index contributed by atoms with van der Waals surface area (Å²) in [6, 6.07) is 11.6. The lowest BCUT2D eigenvalue weighted by Crippen LogP contribution is -2.45. The zero-order valence-electron chi connectivity index (χ0n) is 22.5. The number of urea groups is 1. The Morgan fingerprint density at radius 3 is 2.33 bits per heavy atom. The van der Waals surface area contributed by atoms with Gasteiger partial charge in [-0.1, -0.05) is 37.5 Å². The lowest BCUT2D eigenvalue weighted by Gasteiger charge is -2.28. The number of carboxylic acid groups (broad SMARTS) is 1. The summed E-state index contributed by atoms with van der Waals surface area (Å²) in [5.41, 5.74) is 0.0587. The van der Waals surface area contributed by atoms with Crippen molar-refractivity contribution in [2.75, 3.05) is 23.3 Å². The van der Waals surface area contributed by atoms with Gasteiger partial charge in [0.2, 0.25) is 5.91 Å². The average Bonchev–Trinajstić information content (AvgIpc) is 2.89. The van der Waals surface area contributed by atoms with E-state index in [1.54, 1.807) is 45.0 Å². The molecule has 0 saturated heterocycles. The molecule has 1 aliphatic carbocycles. The van der Waals surface area contributed by atoms with Crippen molar-refractivity contribution in [3.05, 3.63) is 59.7 Å². The number of rotatable bonds is 9. The molecule has 3 amide bonds. The fourth-order valence-corrected chi connectivity index (χ4v) is 4.47. The fraction of sp³-hybridized carbons (Fsp3) is 0.414. The summed E-state index contributed by atoms with van der Waals surface area (Å²) in [4.78, 5) is 64.4. The molecule has 2 aromatic carbocycles. The van der Waals surface area contributed by atoms with Crippen LogP contribution in [0.5, 0.6) is 0 Å². The van der Waals surface area contributed by atoms with Crippen molar-refractivity contribution in [3.8, 4) is 0 Å². The van der Waals surface area contributed by atoms with Crippen LogP contribution in [0, 0.1) is 5.92 Å². The molecule has 1 aliphatic rings. The van der Waals surface area contributed by atoms with E-state index in [9.17, 15) is 24.0 Å². The largest absolute Gasteiger partial charge is 0.478 e. The van der Waals surface area contributed by atoms with Gasteiger partial charge < -0.3 is 20.5 Å². The molecule has 0 bridgehead atoms. The third-order valence-electron chi connectivity index (χ3n) is 6.21. The number of benzene rings is 2. The molecule has 0 atom stereocenters. The predicted octanol–water partition coefficient (Wildman–Crippen LogP) is 4.64. The van der Waals surface area contributed by atoms with Gasteiger partial charge in [-0.25, -0.2) is 9.59 Å². The first kappa shape index (κ1) is 29.3. The van der Waals surface area contributed by atoms with Gasteiger partial charge in [0.15, 0.2) is 5.78 Å². The number of hydrogen-bond acceptors (Lipinski definition) is 6. The predicted molar refractivity (Wildman–Crippen MR) is 146 cm³/mol. The molecule has 10 heteroatoms. The van der Waals surface area contributed by atoms with Crippen LogP contribution in [-0.2, 0) is 14.3 Å². The number of anilines is 2. The number of carboxylic acids is 1. The third kappa shape index (κ3) is 8.66. The maximum absolute atomic E-state index is 13.4. The van der Waals surface area contributed by atoms with E-state index in [1.165, 1.54) is 24.3 Å². The van der Waals surface area contributed by atoms with Crippen LogP contribution in [0.1, 0.15) is 73.6 Å². The van der Waals surface area contributed by atoms with Gasteiger partial charge in [0.1, 0.15) is 12.1 Å². The number of Topliss-reactive ketones (excluding diaryl/α,β-unsaturated/α-hetero) is 1. The lowest BCUT2D eigenvalue weighted by atomic mass is 9.83. The van der Waals surface area contributed by atoms with E-state index in [0.29, 0.717) is 5.56 Å². The summed E-state index contributed by atoms with van der Waals surface area (Å²) in [5.74, 6) is -2.65. The van der Waals surface area contributed by atoms with E-state index in [-0.39, 0.29) is 28.6 Å². The normalized spacial score (nSPS) is 13.7. The Labute approximate surface area is 227 Å². The standard InChI is InChI=1S/C29H35N3O7/c1-29(2,3)39-25(34)18-32(23-15-8-7-14-22(23)26(35)19-10-5-4-6-11-19)24(33)17-30-28(38)31-21-13-9-12-20(16-21)27(36)37/h7-9,12-16,19H,4-6,10-11,17-18H2,1-3H3,(H,36,37)(H2,30,31,38). The summed E-state index contributed by atoms with van der Waals surface area (Å²) in [6.07, 6.45) is 4.57. The van der Waals surface area contributed by atoms with Gasteiger partial charge in [-0.15, -0.1) is 0 Å². The van der Waals surface area contributed by atoms with Crippen LogP contribution in [-0.4, -0.2) is 53.5 Å². The number of aromatic carboxylic acids is 1. The number of ether oxygens (including phenoxy) is 1. The van der Waals surface area contributed by atoms with Gasteiger partial charge in [0.05, 0.1) is 17.8 Å². The second-order valence-corrected chi connectivity index (χ2v) is 10.5. The molecule has 0 radical (unpaired) electrons. The van der Waals surface area contributed by atoms with E-state index in [4.69, 9.17) is 9.84 Å². The van der Waals surface area contributed by atoms with Crippen LogP contribution in [0.2, 0.25) is 0 Å². The molecule has 39 heavy (non-hydrogen) atoms. The van der Waals surface area contributed by atoms with Crippen LogP contribution < -0.4 is 15.5 Å². The van der Waals surface area contributed by atoms with Crippen molar-refractivity contribution in [1.29, 1.82) is 0 Å². The van der Waals surface area contributed by atoms with Crippen molar-refractivity contribution >= 4 is 41.0 Å². The summed E-state index contributed by atoms with van der Waals surface area (Å²) < 4.78 is 5.43. The fourth-order valence-electron chi connectivity index (χ4n) is 4.47. The SMILES string of the molecule is CC(C)(C)OC(=O)CN(C(=O)CNC(=O)Nc1cccc(C(=O)O)c1)c1ccccc1C(=O)C1CCCCC1. The van der Waals surface area contributed by atoms with Crippen molar-refractivity contribution in [3.63, 3.8) is 0 Å². The summed E-state index contributed by atoms with van der Waals surface area (Å²) in [7, 11) is 0. The van der Waals surface area contributed by atoms with Crippen LogP contribution in [0.25, 0.3) is 0 Å². The molecule has 2 aromatic rings. The van der Waals surface area contributed by atoms with Crippen LogP contribution >= 0.6 is 0 Å². The minimum absolute atomic E-state index is 0.00773. The zero-order valence-corrected chi connectivity index (χ0v) is 22.5. The summed E-state index contributed by atoms with van der Waals surface area (Å²) in [5, 5.41) is 14.1. The third-order valence-corrected chi connectivity index (χ3v) is 6.21. The zero-order chi connectivity index (χ0) is 28.6. The van der Waals surface area contributed by atoms with E-state index in [1.807, 2.05) is 0 Å². The molecule has 3 N–H and O–H groups in total. The van der Waals surface area contributed by atoms with Crippen molar-refractivity contribution in [1.82, 2.24) is 5.32 Å². The number of carbonyl (C=O) groups is 5. The quantitative estimate of drug-likeness (QED) is 0.312. The first-order valence-corrected chi connectivity index (χ1v) is 13.0. The summed E-state index contributed by atoms with van der Waals surface area (Å²) in [6.45, 7) is 4.20. The number of nitrogens with one attached hydrogen (secondary N) is 2. The van der Waals surface area contributed by atoms with Crippen LogP contribution in [0.4, 0.5) is 16.2 Å². The average molecular weight is 538 g/mol. The minimum Gasteiger partial charge on any atom is -0.478 e. The van der Waals surface area contributed by atoms with E-state index >= 15 is 0 Å². The summed E-state index contributed by atoms with van der Waals surface area (Å²) >= 11 is 0. The van der Waals surface area contributed by atoms with Crippen LogP contribution in [0.15, 0.2) is 48.5 Å². The molecule has 0 spiro atoms. The Morgan fingerprint density at radius 2 is 1.67 bits per heavy atom. The smallest absolute Gasteiger partial charge is 0.335 e. The molecular weight excluding hydrogens is 502 g/mol. The van der Waals surface area contributed by atoms with Crippen LogP contribution in [0.3, 0.4) is 0 Å². The van der Waals surface area contributed by atoms with Gasteiger partial charge in [-0.2, -0.15) is 0 Å². The molecule has 0 heterocycles. The van der Waals surface area contributed by atoms with Gasteiger partial charge in [0, 0.05) is 17.2 Å². The number of ketones is 1. The molecule has 0 unspecified atom stereocenters. The lowest BCUT2D eigenvalue weighted by molar-refractivity contribution is -0.153. The highest BCUT2D eigenvalue weighted by atomic mass is 16.6. The molecular formula is C29H35N3O7. The Balaban J connectivity index is 1.80. The Morgan fingerprint density at radius 1 is 0.974 bits per heavy atom. The van der Waals surface area contributed by atoms with E-state index in [2.05, 4.69) is 10.6 Å². The Kier molecular flexibility index (Phi) is 9.81. The number of esters is 1. The second kappa shape index (κ2) is 13.0. The number of carbonyl (C=O) groups excluding carboxylic acids is 4. The number of amides is 3. The molecule has 208 valence electrons. The highest BCUT2D eigenvalue weighted by molar-refractivity contribution is 6.09. The Bertz CT molecular complexity index is 1230. The van der Waals surface area contributed by atoms with Gasteiger partial charge in [0.25, 0.3) is 0 Å². The Hall–Kier alpha value is -4.21. The highest BCUT2D eigenvalue weighted by Crippen LogP contribution is 2.31. The maximum Gasteiger partial charge on any atom is 0.335 e. The van der Waals surface area contributed by atoms with Gasteiger partial charge >= 0.3 is 18.0 Å². The van der Waals surface area contributed by atoms with E-state index in [0.717, 1.165) is 37.0 Å². The topological polar surface area (TPSA) is 142 Å². The van der Waals surface area contributed by atoms with Gasteiger partial charge in [-0.3, -0.25) is 19.3 Å². The molecule has 10 nitrogen and oxygen atoms in total. The molecule has 1 fully saturated rings. The van der Waals surface area contributed by atoms with Crippen molar-refractivity contribution in [2.24, 2.45) is 5.92 Å². The molecule has 0 aromatic heterocycles. The molecule has 0 aliphatic heterocycles. The monoisotopic (exact) mass is 537 g/mol. The number of nitrogens with zero attached hydrogens (tertiary/aromatic N) is 1. The first-order valence-electron chi connectivity index (χ1n) is 13.0. The molecule has 1 saturated carbocycles. The number of para-hydroxylation sites is 1. The minimum atomic E-state index is -1.14. The maximum atomic E-state index is 13.4. The van der Waals surface area contributed by atoms with Gasteiger partial charge in [-0.05, 0) is 63.9 Å². The van der Waals surface area contributed by atoms with E-state index < -0.39 is 42.6 Å². The molecule has 3 rings (SSSR count). The number of hydrogen-bond donors (Lipinski definition) is 3. The highest BCUT2D eigenvalue weighted by Gasteiger charge is 2.30. The second-order valence-electron chi connectivity index (χ2n) is 10.5. The van der Waals surface area contributed by atoms with Crippen molar-refractivity contribution in [2.45, 2.75) is 58.5 Å². The first-order chi connectivity index (χ1) is 18.4.